The minimum Gasteiger partial charge on any atom is -0.347 e. The van der Waals surface area contributed by atoms with Crippen molar-refractivity contribution in [2.45, 2.75) is 56.5 Å². The van der Waals surface area contributed by atoms with Gasteiger partial charge in [-0.05, 0) is 44.7 Å². The van der Waals surface area contributed by atoms with E-state index in [1.54, 1.807) is 0 Å². The lowest BCUT2D eigenvalue weighted by molar-refractivity contribution is -0.164. The molecule has 0 aromatic heterocycles. The maximum Gasteiger partial charge on any atom is 0.168 e. The molecule has 108 valence electrons. The van der Waals surface area contributed by atoms with Crippen molar-refractivity contribution in [2.24, 2.45) is 5.92 Å². The van der Waals surface area contributed by atoms with Crippen LogP contribution >= 0.6 is 0 Å². The summed E-state index contributed by atoms with van der Waals surface area (Å²) in [6, 6.07) is 0.748. The highest BCUT2D eigenvalue weighted by Crippen LogP contribution is 2.39. The maximum absolute atomic E-state index is 6.28. The van der Waals surface area contributed by atoms with Gasteiger partial charge >= 0.3 is 0 Å². The maximum atomic E-state index is 6.28. The SMILES string of the molecule is C1CC2CNCC2N(CC2COC3(CCCC3)O2)C1. The lowest BCUT2D eigenvalue weighted by Gasteiger charge is -2.38. The summed E-state index contributed by atoms with van der Waals surface area (Å²) < 4.78 is 12.3. The number of fused-ring (bicyclic) bond motifs is 1. The summed E-state index contributed by atoms with van der Waals surface area (Å²) in [4.78, 5) is 2.66. The Morgan fingerprint density at radius 2 is 2.05 bits per heavy atom. The van der Waals surface area contributed by atoms with Crippen LogP contribution < -0.4 is 5.32 Å². The fourth-order valence-corrected chi connectivity index (χ4v) is 4.53. The Morgan fingerprint density at radius 1 is 1.16 bits per heavy atom. The van der Waals surface area contributed by atoms with Gasteiger partial charge in [-0.2, -0.15) is 0 Å². The Bertz CT molecular complexity index is 330. The van der Waals surface area contributed by atoms with Crippen LogP contribution in [-0.2, 0) is 9.47 Å². The predicted octanol–water partition coefficient (Wildman–Crippen LogP) is 1.36. The van der Waals surface area contributed by atoms with Gasteiger partial charge in [-0.3, -0.25) is 4.90 Å². The highest BCUT2D eigenvalue weighted by molar-refractivity contribution is 4.94. The number of nitrogens with zero attached hydrogens (tertiary/aromatic N) is 1. The summed E-state index contributed by atoms with van der Waals surface area (Å²) in [7, 11) is 0. The third-order valence-corrected chi connectivity index (χ3v) is 5.51. The van der Waals surface area contributed by atoms with Crippen LogP contribution in [0.1, 0.15) is 38.5 Å². The van der Waals surface area contributed by atoms with E-state index in [1.807, 2.05) is 0 Å². The van der Waals surface area contributed by atoms with Crippen LogP contribution in [0.2, 0.25) is 0 Å². The van der Waals surface area contributed by atoms with E-state index in [0.717, 1.165) is 38.0 Å². The van der Waals surface area contributed by atoms with Crippen LogP contribution in [0.3, 0.4) is 0 Å². The Labute approximate surface area is 115 Å². The molecule has 1 spiro atoms. The van der Waals surface area contributed by atoms with E-state index >= 15 is 0 Å². The molecular formula is C15H26N2O2. The fourth-order valence-electron chi connectivity index (χ4n) is 4.53. The molecule has 3 aliphatic heterocycles. The van der Waals surface area contributed by atoms with Gasteiger partial charge in [0.1, 0.15) is 0 Å². The largest absolute Gasteiger partial charge is 0.347 e. The fraction of sp³-hybridized carbons (Fsp3) is 1.00. The first-order valence-corrected chi connectivity index (χ1v) is 8.11. The molecule has 4 heteroatoms. The van der Waals surface area contributed by atoms with Crippen LogP contribution in [0, 0.1) is 5.92 Å². The van der Waals surface area contributed by atoms with E-state index in [4.69, 9.17) is 9.47 Å². The molecule has 3 unspecified atom stereocenters. The van der Waals surface area contributed by atoms with E-state index in [2.05, 4.69) is 10.2 Å². The first-order valence-electron chi connectivity index (χ1n) is 8.11. The highest BCUT2D eigenvalue weighted by atomic mass is 16.7. The molecule has 0 radical (unpaired) electrons. The molecule has 1 aliphatic carbocycles. The quantitative estimate of drug-likeness (QED) is 0.818. The van der Waals surface area contributed by atoms with Crippen molar-refractivity contribution in [1.29, 1.82) is 0 Å². The average Bonchev–Trinajstić information content (AvgIpc) is 3.13. The van der Waals surface area contributed by atoms with Crippen LogP contribution in [0.25, 0.3) is 0 Å². The van der Waals surface area contributed by atoms with Gasteiger partial charge in [0.25, 0.3) is 0 Å². The number of ether oxygens (including phenoxy) is 2. The Balaban J connectivity index is 1.36. The zero-order chi connectivity index (χ0) is 12.7. The molecule has 4 rings (SSSR count). The molecular weight excluding hydrogens is 240 g/mol. The third-order valence-electron chi connectivity index (χ3n) is 5.51. The van der Waals surface area contributed by atoms with Crippen LogP contribution in [0.5, 0.6) is 0 Å². The van der Waals surface area contributed by atoms with E-state index in [0.29, 0.717) is 6.10 Å². The molecule has 3 atom stereocenters. The standard InChI is InChI=1S/C15H26N2O2/c1-2-6-15(5-1)18-11-13(19-15)10-17-7-3-4-12-8-16-9-14(12)17/h12-14,16H,1-11H2. The number of piperidine rings is 1. The molecule has 0 bridgehead atoms. The summed E-state index contributed by atoms with van der Waals surface area (Å²) in [5.41, 5.74) is 0. The van der Waals surface area contributed by atoms with E-state index in [1.165, 1.54) is 45.3 Å². The molecule has 0 aromatic carbocycles. The number of likely N-dealkylation sites (tertiary alicyclic amines) is 1. The summed E-state index contributed by atoms with van der Waals surface area (Å²) in [5.74, 6) is 0.685. The molecule has 19 heavy (non-hydrogen) atoms. The van der Waals surface area contributed by atoms with Gasteiger partial charge in [-0.1, -0.05) is 0 Å². The minimum atomic E-state index is -0.187. The van der Waals surface area contributed by atoms with E-state index in [-0.39, 0.29) is 5.79 Å². The van der Waals surface area contributed by atoms with E-state index < -0.39 is 0 Å². The zero-order valence-corrected chi connectivity index (χ0v) is 11.8. The number of hydrogen-bond acceptors (Lipinski definition) is 4. The van der Waals surface area contributed by atoms with Gasteiger partial charge in [0.05, 0.1) is 12.7 Å². The van der Waals surface area contributed by atoms with Gasteiger partial charge in [-0.25, -0.2) is 0 Å². The lowest BCUT2D eigenvalue weighted by atomic mass is 9.92. The van der Waals surface area contributed by atoms with Gasteiger partial charge in [0, 0.05) is 32.0 Å². The van der Waals surface area contributed by atoms with Crippen LogP contribution in [0.4, 0.5) is 0 Å². The van der Waals surface area contributed by atoms with Crippen LogP contribution in [-0.4, -0.2) is 55.6 Å². The molecule has 4 aliphatic rings. The van der Waals surface area contributed by atoms with Crippen molar-refractivity contribution in [2.75, 3.05) is 32.8 Å². The van der Waals surface area contributed by atoms with Gasteiger partial charge in [0.15, 0.2) is 5.79 Å². The molecule has 1 saturated carbocycles. The average molecular weight is 266 g/mol. The summed E-state index contributed by atoms with van der Waals surface area (Å²) >= 11 is 0. The highest BCUT2D eigenvalue weighted by Gasteiger charge is 2.45. The van der Waals surface area contributed by atoms with Gasteiger partial charge in [-0.15, -0.1) is 0 Å². The van der Waals surface area contributed by atoms with Crippen molar-refractivity contribution in [3.63, 3.8) is 0 Å². The molecule has 3 heterocycles. The molecule has 4 nitrogen and oxygen atoms in total. The second-order valence-corrected chi connectivity index (χ2v) is 6.79. The Kier molecular flexibility index (Phi) is 3.30. The first kappa shape index (κ1) is 12.6. The van der Waals surface area contributed by atoms with Crippen molar-refractivity contribution in [3.8, 4) is 0 Å². The second kappa shape index (κ2) is 4.99. The Morgan fingerprint density at radius 3 is 2.95 bits per heavy atom. The molecule has 1 N–H and O–H groups in total. The number of nitrogens with one attached hydrogen (secondary N) is 1. The monoisotopic (exact) mass is 266 g/mol. The van der Waals surface area contributed by atoms with Crippen molar-refractivity contribution in [1.82, 2.24) is 10.2 Å². The number of hydrogen-bond donors (Lipinski definition) is 1. The summed E-state index contributed by atoms with van der Waals surface area (Å²) in [6.45, 7) is 5.51. The first-order chi connectivity index (χ1) is 9.35. The molecule has 0 amide bonds. The smallest absolute Gasteiger partial charge is 0.168 e. The molecule has 0 aromatic rings. The second-order valence-electron chi connectivity index (χ2n) is 6.79. The normalized spacial score (nSPS) is 42.0. The van der Waals surface area contributed by atoms with Crippen molar-refractivity contribution in [3.05, 3.63) is 0 Å². The summed E-state index contributed by atoms with van der Waals surface area (Å²) in [6.07, 6.45) is 7.81. The molecule has 4 fully saturated rings. The minimum absolute atomic E-state index is 0.187. The van der Waals surface area contributed by atoms with Gasteiger partial charge < -0.3 is 14.8 Å². The zero-order valence-electron chi connectivity index (χ0n) is 11.8. The summed E-state index contributed by atoms with van der Waals surface area (Å²) in [5, 5.41) is 3.55. The topological polar surface area (TPSA) is 33.7 Å². The lowest BCUT2D eigenvalue weighted by Crippen LogP contribution is -2.48. The van der Waals surface area contributed by atoms with Crippen molar-refractivity contribution >= 4 is 0 Å². The third kappa shape index (κ3) is 2.33. The van der Waals surface area contributed by atoms with Gasteiger partial charge in [0.2, 0.25) is 0 Å². The van der Waals surface area contributed by atoms with Crippen molar-refractivity contribution < 1.29 is 9.47 Å². The number of rotatable bonds is 2. The van der Waals surface area contributed by atoms with E-state index in [9.17, 15) is 0 Å². The Hall–Kier alpha value is -0.160. The molecule has 3 saturated heterocycles. The predicted molar refractivity (Wildman–Crippen MR) is 73.0 cm³/mol. The van der Waals surface area contributed by atoms with Crippen LogP contribution in [0.15, 0.2) is 0 Å².